The number of ketones is 2. The van der Waals surface area contributed by atoms with Gasteiger partial charge in [0.1, 0.15) is 5.75 Å². The number of rotatable bonds is 5. The van der Waals surface area contributed by atoms with E-state index < -0.39 is 11.4 Å². The first-order chi connectivity index (χ1) is 18.6. The standard InChI is InChI=1S/C15H15NO2.C14H13NO2.Al.3ClH/c1-9(17)13-11-5-3-4-6-12(11)16-14(10-7-8-10)15(13)18-2;1-8(16)12-10-4-2-3-5-11(10)15-13(14(12)17)9-6-7-9;;;;/h3-6,10H,7-8H2,1-2H3;2-5,9,17H,6-7H2,1H3;;3*1H/q;;+3;;;/p-3. The number of hydrogen-bond donors (Lipinski definition) is 1. The lowest BCUT2D eigenvalue weighted by Crippen LogP contribution is -2.04. The molecule has 0 bridgehead atoms. The van der Waals surface area contributed by atoms with E-state index in [2.05, 4.69) is 9.97 Å². The molecule has 6 rings (SSSR count). The first kappa shape index (κ1) is 29.6. The number of fused-ring (bicyclic) bond motifs is 2. The summed E-state index contributed by atoms with van der Waals surface area (Å²) in [4.78, 5) is 32.8. The number of benzene rings is 2. The fraction of sp³-hybridized carbons (Fsp3) is 0.310. The number of para-hydroxylation sites is 2. The summed E-state index contributed by atoms with van der Waals surface area (Å²) in [6, 6.07) is 15.2. The number of methoxy groups -OCH3 is 1. The normalized spacial score (nSPS) is 14.1. The van der Waals surface area contributed by atoms with Crippen LogP contribution in [-0.2, 0) is 0 Å². The van der Waals surface area contributed by atoms with Gasteiger partial charge in [-0.05, 0) is 51.7 Å². The van der Waals surface area contributed by atoms with E-state index in [1.54, 1.807) is 14.0 Å². The molecule has 6 nitrogen and oxygen atoms in total. The molecule has 10 heteroatoms. The van der Waals surface area contributed by atoms with Crippen molar-refractivity contribution in [2.45, 2.75) is 51.4 Å². The van der Waals surface area contributed by atoms with E-state index in [1.807, 2.05) is 48.5 Å². The van der Waals surface area contributed by atoms with Gasteiger partial charge in [-0.3, -0.25) is 9.59 Å². The molecule has 39 heavy (non-hydrogen) atoms. The Morgan fingerprint density at radius 2 is 1.21 bits per heavy atom. The number of nitrogens with zero attached hydrogens (tertiary/aromatic N) is 2. The van der Waals surface area contributed by atoms with E-state index in [0.717, 1.165) is 53.2 Å². The van der Waals surface area contributed by atoms with Crippen LogP contribution in [0.2, 0.25) is 0 Å². The van der Waals surface area contributed by atoms with Crippen molar-refractivity contribution in [2.75, 3.05) is 7.11 Å². The Morgan fingerprint density at radius 1 is 0.795 bits per heavy atom. The Labute approximate surface area is 244 Å². The number of aromatic hydroxyl groups is 1. The smallest absolute Gasteiger partial charge is 0.505 e. The molecule has 2 aromatic heterocycles. The zero-order valence-electron chi connectivity index (χ0n) is 21.9. The highest BCUT2D eigenvalue weighted by Crippen LogP contribution is 2.46. The summed E-state index contributed by atoms with van der Waals surface area (Å²) in [5.74, 6) is 1.47. The molecule has 202 valence electrons. The lowest BCUT2D eigenvalue weighted by atomic mass is 10.0. The van der Waals surface area contributed by atoms with E-state index in [0.29, 0.717) is 34.4 Å². The Kier molecular flexibility index (Phi) is 9.74. The molecule has 2 aliphatic rings. The zero-order valence-corrected chi connectivity index (χ0v) is 25.3. The summed E-state index contributed by atoms with van der Waals surface area (Å²) in [7, 11) is 16.4. The van der Waals surface area contributed by atoms with Gasteiger partial charge >= 0.3 is 11.4 Å². The average molecular weight is 602 g/mol. The molecule has 0 aliphatic heterocycles. The first-order valence-electron chi connectivity index (χ1n) is 12.7. The molecular formula is C29H28AlCl3N2O4. The minimum absolute atomic E-state index is 0.0346. The number of Topliss-reactive ketones (excluding diaryl/α,β-unsaturated/α-hetero) is 2. The molecule has 0 amide bonds. The van der Waals surface area contributed by atoms with Crippen molar-refractivity contribution in [3.8, 4) is 11.5 Å². The molecule has 2 aromatic carbocycles. The fourth-order valence-corrected chi connectivity index (χ4v) is 4.62. The number of carbonyl (C=O) groups excluding carboxylic acids is 2. The number of carbonyl (C=O) groups is 2. The van der Waals surface area contributed by atoms with Crippen LogP contribution in [0.25, 0.3) is 21.8 Å². The molecule has 0 unspecified atom stereocenters. The molecule has 2 fully saturated rings. The highest BCUT2D eigenvalue weighted by molar-refractivity contribution is 7.54. The van der Waals surface area contributed by atoms with Gasteiger partial charge in [-0.25, -0.2) is 40.1 Å². The molecular weight excluding hydrogens is 574 g/mol. The number of ether oxygens (including phenoxy) is 1. The van der Waals surface area contributed by atoms with Gasteiger partial charge in [-0.1, -0.05) is 36.4 Å². The van der Waals surface area contributed by atoms with Crippen molar-refractivity contribution in [2.24, 2.45) is 0 Å². The topological polar surface area (TPSA) is 89.4 Å². The van der Waals surface area contributed by atoms with Gasteiger partial charge < -0.3 is 9.84 Å². The second-order valence-electron chi connectivity index (χ2n) is 9.57. The highest BCUT2D eigenvalue weighted by Gasteiger charge is 2.32. The minimum atomic E-state index is -1.72. The van der Waals surface area contributed by atoms with Crippen LogP contribution in [0.1, 0.15) is 83.5 Å². The molecule has 0 spiro atoms. The number of hydrogen-bond acceptors (Lipinski definition) is 6. The second kappa shape index (κ2) is 12.8. The van der Waals surface area contributed by atoms with Crippen molar-refractivity contribution in [3.05, 3.63) is 71.0 Å². The quantitative estimate of drug-likeness (QED) is 0.184. The fourth-order valence-electron chi connectivity index (χ4n) is 4.62. The van der Waals surface area contributed by atoms with Gasteiger partial charge in [0.15, 0.2) is 17.3 Å². The summed E-state index contributed by atoms with van der Waals surface area (Å²) in [5.41, 5.74) is 4.39. The molecule has 0 saturated heterocycles. The lowest BCUT2D eigenvalue weighted by molar-refractivity contribution is 0.100. The Morgan fingerprint density at radius 3 is 1.64 bits per heavy atom. The van der Waals surface area contributed by atoms with Crippen molar-refractivity contribution in [1.82, 2.24) is 9.97 Å². The van der Waals surface area contributed by atoms with Crippen LogP contribution in [-0.4, -0.2) is 45.1 Å². The van der Waals surface area contributed by atoms with E-state index in [1.165, 1.54) is 6.92 Å². The van der Waals surface area contributed by atoms with Gasteiger partial charge in [0.05, 0.1) is 40.7 Å². The van der Waals surface area contributed by atoms with E-state index in [4.69, 9.17) is 34.9 Å². The van der Waals surface area contributed by atoms with Gasteiger partial charge in [0, 0.05) is 22.6 Å². The molecule has 0 atom stereocenters. The Bertz CT molecular complexity index is 1540. The van der Waals surface area contributed by atoms with Crippen LogP contribution < -0.4 is 4.74 Å². The molecule has 0 radical (unpaired) electrons. The molecule has 4 aromatic rings. The summed E-state index contributed by atoms with van der Waals surface area (Å²) in [6.07, 6.45) is 4.38. The molecule has 2 aliphatic carbocycles. The van der Waals surface area contributed by atoms with Crippen molar-refractivity contribution < 1.29 is 19.4 Å². The maximum atomic E-state index is 11.9. The maximum absolute atomic E-state index is 11.9. The predicted molar refractivity (Wildman–Crippen MR) is 159 cm³/mol. The van der Waals surface area contributed by atoms with Crippen LogP contribution in [0, 0.1) is 0 Å². The van der Waals surface area contributed by atoms with Crippen LogP contribution in [0.3, 0.4) is 0 Å². The van der Waals surface area contributed by atoms with Crippen LogP contribution in [0.15, 0.2) is 48.5 Å². The lowest BCUT2D eigenvalue weighted by Gasteiger charge is -2.13. The Hall–Kier alpha value is -2.40. The summed E-state index contributed by atoms with van der Waals surface area (Å²) in [5, 5.41) is 11.8. The Balaban J connectivity index is 0.000000160. The van der Waals surface area contributed by atoms with Crippen LogP contribution >= 0.6 is 30.1 Å². The third kappa shape index (κ3) is 7.03. The monoisotopic (exact) mass is 600 g/mol. The third-order valence-electron chi connectivity index (χ3n) is 6.60. The van der Waals surface area contributed by atoms with Crippen molar-refractivity contribution >= 4 is 74.9 Å². The van der Waals surface area contributed by atoms with Gasteiger partial charge in [0.2, 0.25) is 0 Å². The maximum Gasteiger partial charge on any atom is 0.643 e. The van der Waals surface area contributed by atoms with E-state index >= 15 is 0 Å². The molecule has 2 heterocycles. The van der Waals surface area contributed by atoms with Crippen LogP contribution in [0.4, 0.5) is 0 Å². The predicted octanol–water partition coefficient (Wildman–Crippen LogP) is 8.03. The second-order valence-corrected chi connectivity index (χ2v) is 16.0. The average Bonchev–Trinajstić information content (AvgIpc) is 3.81. The minimum Gasteiger partial charge on any atom is -0.505 e. The van der Waals surface area contributed by atoms with Gasteiger partial charge in [-0.2, -0.15) is 0 Å². The first-order valence-corrected chi connectivity index (χ1v) is 17.9. The third-order valence-corrected chi connectivity index (χ3v) is 6.60. The van der Waals surface area contributed by atoms with E-state index in [9.17, 15) is 14.7 Å². The molecule has 2 saturated carbocycles. The van der Waals surface area contributed by atoms with Gasteiger partial charge in [0.25, 0.3) is 0 Å². The van der Waals surface area contributed by atoms with Crippen molar-refractivity contribution in [3.63, 3.8) is 0 Å². The van der Waals surface area contributed by atoms with Gasteiger partial charge in [-0.15, -0.1) is 0 Å². The summed E-state index contributed by atoms with van der Waals surface area (Å²) < 4.78 is 5.46. The largest absolute Gasteiger partial charge is 0.643 e. The summed E-state index contributed by atoms with van der Waals surface area (Å²) >= 11 is -1.72. The highest BCUT2D eigenvalue weighted by atomic mass is 35.8. The van der Waals surface area contributed by atoms with E-state index in [-0.39, 0.29) is 17.3 Å². The van der Waals surface area contributed by atoms with Crippen molar-refractivity contribution in [1.29, 1.82) is 0 Å². The zero-order chi connectivity index (χ0) is 28.3. The SMILES string of the molecule is CC(=O)c1c(O)c(C2CC2)nc2ccccc12.COc1c(C2CC2)nc2ccccc2c1C(C)=O.[Cl][Al]([Cl])[Cl]. The van der Waals surface area contributed by atoms with Crippen LogP contribution in [0.5, 0.6) is 11.5 Å². The number of pyridine rings is 2. The summed E-state index contributed by atoms with van der Waals surface area (Å²) in [6.45, 7) is 3.07. The number of aromatic nitrogens is 2. The number of halogens is 3. The molecule has 1 N–H and O–H groups in total.